The number of ether oxygens (including phenoxy) is 3. The van der Waals surface area contributed by atoms with Gasteiger partial charge in [0.15, 0.2) is 0 Å². The minimum Gasteiger partial charge on any atom is -0.497 e. The van der Waals surface area contributed by atoms with Crippen molar-refractivity contribution in [3.8, 4) is 11.5 Å². The molecular weight excluding hydrogens is 460 g/mol. The Kier molecular flexibility index (Phi) is 7.05. The Labute approximate surface area is 198 Å². The van der Waals surface area contributed by atoms with Crippen LogP contribution < -0.4 is 14.8 Å². The molecule has 0 aliphatic carbocycles. The van der Waals surface area contributed by atoms with E-state index in [0.717, 1.165) is 5.52 Å². The van der Waals surface area contributed by atoms with Crippen LogP contribution >= 0.6 is 0 Å². The van der Waals surface area contributed by atoms with Gasteiger partial charge in [0.1, 0.15) is 17.3 Å². The molecule has 0 atom stereocenters. The molecule has 1 aliphatic heterocycles. The molecule has 3 aromatic rings. The number of carbonyl (C=O) groups is 1. The Hall–Kier alpha value is -3.15. The SMILES string of the molecule is COc1ccc(OC)c(NC(=O)CCc2nc3cc(S(=O)(=O)N4CCOCC4)ccc3n2C)c1. The molecule has 1 fully saturated rings. The molecule has 0 spiro atoms. The smallest absolute Gasteiger partial charge is 0.243 e. The van der Waals surface area contributed by atoms with Crippen LogP contribution in [-0.4, -0.2) is 68.7 Å². The number of nitrogens with one attached hydrogen (secondary N) is 1. The van der Waals surface area contributed by atoms with Gasteiger partial charge in [0.05, 0.1) is 49.0 Å². The quantitative estimate of drug-likeness (QED) is 0.517. The van der Waals surface area contributed by atoms with Gasteiger partial charge in [0.2, 0.25) is 15.9 Å². The lowest BCUT2D eigenvalue weighted by Gasteiger charge is -2.26. The molecule has 4 rings (SSSR count). The molecule has 1 amide bonds. The molecule has 2 heterocycles. The van der Waals surface area contributed by atoms with Gasteiger partial charge in [-0.15, -0.1) is 0 Å². The second kappa shape index (κ2) is 10.00. The number of rotatable bonds is 8. The van der Waals surface area contributed by atoms with Crippen LogP contribution in [0.3, 0.4) is 0 Å². The molecule has 0 radical (unpaired) electrons. The van der Waals surface area contributed by atoms with Gasteiger partial charge < -0.3 is 24.1 Å². The van der Waals surface area contributed by atoms with E-state index < -0.39 is 10.0 Å². The van der Waals surface area contributed by atoms with Crippen LogP contribution in [-0.2, 0) is 33.0 Å². The average molecular weight is 489 g/mol. The van der Waals surface area contributed by atoms with E-state index >= 15 is 0 Å². The number of fused-ring (bicyclic) bond motifs is 1. The molecule has 10 nitrogen and oxygen atoms in total. The number of hydrogen-bond donors (Lipinski definition) is 1. The molecule has 0 saturated carbocycles. The number of imidazole rings is 1. The molecule has 1 N–H and O–H groups in total. The molecule has 1 aromatic heterocycles. The highest BCUT2D eigenvalue weighted by Crippen LogP contribution is 2.29. The first-order valence-corrected chi connectivity index (χ1v) is 12.3. The number of amides is 1. The monoisotopic (exact) mass is 488 g/mol. The molecule has 2 aromatic carbocycles. The highest BCUT2D eigenvalue weighted by Gasteiger charge is 2.27. The number of sulfonamides is 1. The maximum Gasteiger partial charge on any atom is 0.243 e. The van der Waals surface area contributed by atoms with E-state index in [1.807, 2.05) is 11.6 Å². The van der Waals surface area contributed by atoms with Crippen molar-refractivity contribution in [2.45, 2.75) is 17.7 Å². The van der Waals surface area contributed by atoms with Crippen LogP contribution in [0, 0.1) is 0 Å². The van der Waals surface area contributed by atoms with Gasteiger partial charge in [0.25, 0.3) is 0 Å². The van der Waals surface area contributed by atoms with Crippen molar-refractivity contribution in [1.29, 1.82) is 0 Å². The Morgan fingerprint density at radius 2 is 1.88 bits per heavy atom. The van der Waals surface area contributed by atoms with E-state index in [2.05, 4.69) is 10.3 Å². The van der Waals surface area contributed by atoms with Gasteiger partial charge in [-0.2, -0.15) is 4.31 Å². The third-order valence-corrected chi connectivity index (χ3v) is 7.70. The first kappa shape index (κ1) is 24.0. The summed E-state index contributed by atoms with van der Waals surface area (Å²) >= 11 is 0. The number of benzene rings is 2. The number of carbonyl (C=O) groups excluding carboxylic acids is 1. The van der Waals surface area contributed by atoms with Gasteiger partial charge in [-0.05, 0) is 30.3 Å². The molecule has 0 bridgehead atoms. The van der Waals surface area contributed by atoms with Crippen molar-refractivity contribution in [3.05, 3.63) is 42.2 Å². The van der Waals surface area contributed by atoms with Crippen molar-refractivity contribution in [2.24, 2.45) is 7.05 Å². The summed E-state index contributed by atoms with van der Waals surface area (Å²) < 4.78 is 45.0. The van der Waals surface area contributed by atoms with E-state index in [1.54, 1.807) is 43.5 Å². The molecule has 0 unspecified atom stereocenters. The number of hydrogen-bond acceptors (Lipinski definition) is 7. The van der Waals surface area contributed by atoms with E-state index in [0.29, 0.717) is 61.3 Å². The second-order valence-electron chi connectivity index (χ2n) is 7.87. The summed E-state index contributed by atoms with van der Waals surface area (Å²) in [5, 5.41) is 2.85. The maximum atomic E-state index is 13.0. The van der Waals surface area contributed by atoms with Crippen molar-refractivity contribution >= 4 is 32.7 Å². The normalized spacial score (nSPS) is 14.8. The number of aryl methyl sites for hydroxylation is 2. The van der Waals surface area contributed by atoms with Crippen molar-refractivity contribution in [3.63, 3.8) is 0 Å². The van der Waals surface area contributed by atoms with Crippen LogP contribution in [0.25, 0.3) is 11.0 Å². The summed E-state index contributed by atoms with van der Waals surface area (Å²) in [6, 6.07) is 10.1. The average Bonchev–Trinajstić information content (AvgIpc) is 3.18. The summed E-state index contributed by atoms with van der Waals surface area (Å²) in [6.07, 6.45) is 0.575. The Balaban J connectivity index is 1.49. The maximum absolute atomic E-state index is 13.0. The van der Waals surface area contributed by atoms with Gasteiger partial charge in [0, 0.05) is 39.0 Å². The fourth-order valence-corrected chi connectivity index (χ4v) is 5.33. The van der Waals surface area contributed by atoms with Crippen molar-refractivity contribution in [2.75, 3.05) is 45.8 Å². The van der Waals surface area contributed by atoms with Crippen LogP contribution in [0.1, 0.15) is 12.2 Å². The molecule has 34 heavy (non-hydrogen) atoms. The lowest BCUT2D eigenvalue weighted by molar-refractivity contribution is -0.116. The number of nitrogens with zero attached hydrogens (tertiary/aromatic N) is 3. The minimum atomic E-state index is -3.61. The molecule has 11 heteroatoms. The summed E-state index contributed by atoms with van der Waals surface area (Å²) in [7, 11) is 1.32. The predicted molar refractivity (Wildman–Crippen MR) is 127 cm³/mol. The highest BCUT2D eigenvalue weighted by atomic mass is 32.2. The summed E-state index contributed by atoms with van der Waals surface area (Å²) in [5.74, 6) is 1.62. The molecule has 182 valence electrons. The Bertz CT molecular complexity index is 1300. The van der Waals surface area contributed by atoms with Crippen LogP contribution in [0.15, 0.2) is 41.3 Å². The summed E-state index contributed by atoms with van der Waals surface area (Å²) in [5.41, 5.74) is 1.89. The number of anilines is 1. The standard InChI is InChI=1S/C23H28N4O6S/c1-26-20-6-5-17(34(29,30)27-10-12-33-13-11-27)15-18(20)24-22(26)8-9-23(28)25-19-14-16(31-2)4-7-21(19)32-3/h4-7,14-15H,8-13H2,1-3H3,(H,25,28). The van der Waals surface area contributed by atoms with Crippen molar-refractivity contribution in [1.82, 2.24) is 13.9 Å². The molecule has 1 saturated heterocycles. The number of aromatic nitrogens is 2. The zero-order chi connectivity index (χ0) is 24.3. The third-order valence-electron chi connectivity index (χ3n) is 5.81. The van der Waals surface area contributed by atoms with E-state index in [-0.39, 0.29) is 17.2 Å². The lowest BCUT2D eigenvalue weighted by atomic mass is 10.2. The molecule has 1 aliphatic rings. The third kappa shape index (κ3) is 4.86. The largest absolute Gasteiger partial charge is 0.497 e. The summed E-state index contributed by atoms with van der Waals surface area (Å²) in [4.78, 5) is 17.4. The van der Waals surface area contributed by atoms with Crippen LogP contribution in [0.2, 0.25) is 0 Å². The van der Waals surface area contributed by atoms with Gasteiger partial charge >= 0.3 is 0 Å². The number of methoxy groups -OCH3 is 2. The van der Waals surface area contributed by atoms with Gasteiger partial charge in [-0.3, -0.25) is 4.79 Å². The number of morpholine rings is 1. The zero-order valence-corrected chi connectivity index (χ0v) is 20.2. The zero-order valence-electron chi connectivity index (χ0n) is 19.4. The minimum absolute atomic E-state index is 0.191. The Morgan fingerprint density at radius 1 is 1.12 bits per heavy atom. The van der Waals surface area contributed by atoms with Crippen LogP contribution in [0.4, 0.5) is 5.69 Å². The molecular formula is C23H28N4O6S. The van der Waals surface area contributed by atoms with Crippen LogP contribution in [0.5, 0.6) is 11.5 Å². The predicted octanol–water partition coefficient (Wildman–Crippen LogP) is 2.18. The van der Waals surface area contributed by atoms with Gasteiger partial charge in [-0.1, -0.05) is 0 Å². The van der Waals surface area contributed by atoms with Gasteiger partial charge in [-0.25, -0.2) is 13.4 Å². The summed E-state index contributed by atoms with van der Waals surface area (Å²) in [6.45, 7) is 1.44. The Morgan fingerprint density at radius 3 is 2.59 bits per heavy atom. The van der Waals surface area contributed by atoms with E-state index in [4.69, 9.17) is 14.2 Å². The topological polar surface area (TPSA) is 112 Å². The fourth-order valence-electron chi connectivity index (χ4n) is 3.90. The first-order chi connectivity index (χ1) is 16.3. The van der Waals surface area contributed by atoms with E-state index in [9.17, 15) is 13.2 Å². The van der Waals surface area contributed by atoms with Crippen molar-refractivity contribution < 1.29 is 27.4 Å². The lowest BCUT2D eigenvalue weighted by Crippen LogP contribution is -2.40. The van der Waals surface area contributed by atoms with E-state index in [1.165, 1.54) is 11.4 Å². The highest BCUT2D eigenvalue weighted by molar-refractivity contribution is 7.89. The fraction of sp³-hybridized carbons (Fsp3) is 0.391. The first-order valence-electron chi connectivity index (χ1n) is 10.9. The second-order valence-corrected chi connectivity index (χ2v) is 9.81.